The van der Waals surface area contributed by atoms with Crippen molar-refractivity contribution < 1.29 is 8.53 Å². The van der Waals surface area contributed by atoms with Crippen molar-refractivity contribution in [2.24, 2.45) is 0 Å². The highest BCUT2D eigenvalue weighted by atomic mass is 79.9. The fourth-order valence-electron chi connectivity index (χ4n) is 0.254. The van der Waals surface area contributed by atoms with Crippen LogP contribution in [-0.4, -0.2) is 4.98 Å². The minimum Gasteiger partial charge on any atom is -0.434 e. The molecule has 0 aromatic carbocycles. The summed E-state index contributed by atoms with van der Waals surface area (Å²) >= 11 is 2.95. The number of aryl methyl sites for hydroxylation is 1. The quantitative estimate of drug-likeness (QED) is 0.585. The van der Waals surface area contributed by atoms with Crippen LogP contribution in [-0.2, 0) is 0 Å². The summed E-state index contributed by atoms with van der Waals surface area (Å²) in [6.07, 6.45) is 1.31. The van der Waals surface area contributed by atoms with Gasteiger partial charge in [0, 0.05) is 11.0 Å². The number of halogens is 1. The van der Waals surface area contributed by atoms with Crippen LogP contribution >= 0.6 is 15.9 Å². The van der Waals surface area contributed by atoms with Gasteiger partial charge in [-0.3, -0.25) is 0 Å². The Morgan fingerprint density at radius 3 is 3.29 bits per heavy atom. The van der Waals surface area contributed by atoms with Crippen LogP contribution in [0.15, 0.2) is 15.3 Å². The molecule has 0 saturated heterocycles. The average molecular weight is 165 g/mol. The van der Waals surface area contributed by atoms with Gasteiger partial charge < -0.3 is 4.42 Å². The molecule has 3 heteroatoms. The Labute approximate surface area is 53.9 Å². The molecule has 0 aliphatic carbocycles. The van der Waals surface area contributed by atoms with E-state index in [1.54, 1.807) is 0 Å². The molecular formula is C4H4BrNO. The number of rotatable bonds is 0. The summed E-state index contributed by atoms with van der Waals surface area (Å²) in [4.78, 5) is 3.51. The molecule has 0 radical (unpaired) electrons. The van der Waals surface area contributed by atoms with E-state index in [0.717, 1.165) is 0 Å². The smallest absolute Gasteiger partial charge is 0.192 e. The number of aromatic nitrogens is 1. The van der Waals surface area contributed by atoms with Gasteiger partial charge in [-0.2, -0.15) is 0 Å². The number of hydrogen-bond donors (Lipinski definition) is 0. The van der Waals surface area contributed by atoms with Crippen molar-refractivity contribution in [1.82, 2.24) is 4.98 Å². The van der Waals surface area contributed by atoms with Gasteiger partial charge in [-0.1, -0.05) is 0 Å². The lowest BCUT2D eigenvalue weighted by atomic mass is 10.8. The lowest BCUT2D eigenvalue weighted by Gasteiger charge is -1.71. The SMILES string of the molecule is [2H]C([2H])([2H])c1ncc(Br)o1. The van der Waals surface area contributed by atoms with E-state index in [0.29, 0.717) is 4.67 Å². The van der Waals surface area contributed by atoms with E-state index >= 15 is 0 Å². The Balaban J connectivity index is 2.96. The lowest BCUT2D eigenvalue weighted by molar-refractivity contribution is 0.499. The molecule has 0 saturated carbocycles. The molecule has 0 atom stereocenters. The van der Waals surface area contributed by atoms with Gasteiger partial charge in [0.1, 0.15) is 0 Å². The third kappa shape index (κ3) is 1.03. The zero-order valence-corrected chi connectivity index (χ0v) is 4.90. The maximum Gasteiger partial charge on any atom is 0.192 e. The van der Waals surface area contributed by atoms with Crippen LogP contribution < -0.4 is 0 Å². The van der Waals surface area contributed by atoms with E-state index in [1.807, 2.05) is 0 Å². The topological polar surface area (TPSA) is 26.0 Å². The molecule has 1 heterocycles. The highest BCUT2D eigenvalue weighted by Crippen LogP contribution is 2.08. The molecule has 1 aromatic rings. The van der Waals surface area contributed by atoms with E-state index in [2.05, 4.69) is 20.9 Å². The Morgan fingerprint density at radius 2 is 3.00 bits per heavy atom. The number of oxazole rings is 1. The van der Waals surface area contributed by atoms with Crippen LogP contribution in [0.5, 0.6) is 0 Å². The predicted molar refractivity (Wildman–Crippen MR) is 28.9 cm³/mol. The predicted octanol–water partition coefficient (Wildman–Crippen LogP) is 1.75. The molecule has 0 N–H and O–H groups in total. The Bertz CT molecular complexity index is 231. The molecule has 1 rings (SSSR count). The van der Waals surface area contributed by atoms with Gasteiger partial charge in [0.05, 0.1) is 6.20 Å². The van der Waals surface area contributed by atoms with Gasteiger partial charge in [-0.25, -0.2) is 4.98 Å². The molecule has 0 bridgehead atoms. The summed E-state index contributed by atoms with van der Waals surface area (Å²) in [6, 6.07) is 0. The molecule has 38 valence electrons. The van der Waals surface area contributed by atoms with Crippen LogP contribution in [0, 0.1) is 6.85 Å². The van der Waals surface area contributed by atoms with E-state index in [4.69, 9.17) is 8.53 Å². The highest BCUT2D eigenvalue weighted by Gasteiger charge is 1.89. The number of nitrogens with zero attached hydrogens (tertiary/aromatic N) is 1. The van der Waals surface area contributed by atoms with Crippen LogP contribution in [0.25, 0.3) is 0 Å². The first-order valence-corrected chi connectivity index (χ1v) is 2.41. The fourth-order valence-corrected chi connectivity index (χ4v) is 0.510. The summed E-state index contributed by atoms with van der Waals surface area (Å²) in [7, 11) is 0. The molecule has 2 nitrogen and oxygen atoms in total. The van der Waals surface area contributed by atoms with Crippen molar-refractivity contribution >= 4 is 15.9 Å². The minimum atomic E-state index is -2.24. The average Bonchev–Trinajstić information content (AvgIpc) is 2.11. The van der Waals surface area contributed by atoms with Crippen LogP contribution in [0.1, 0.15) is 10.0 Å². The van der Waals surface area contributed by atoms with E-state index in [-0.39, 0.29) is 5.89 Å². The standard InChI is InChI=1S/C4H4BrNO/c1-3-6-2-4(5)7-3/h2H,1H3/i1D3. The Hall–Kier alpha value is -0.310. The summed E-state index contributed by atoms with van der Waals surface area (Å²) in [5.74, 6) is -0.237. The summed E-state index contributed by atoms with van der Waals surface area (Å²) in [6.45, 7) is -2.24. The molecular weight excluding hydrogens is 158 g/mol. The maximum atomic E-state index is 6.84. The zero-order chi connectivity index (χ0) is 7.78. The molecule has 0 fully saturated rings. The van der Waals surface area contributed by atoms with Crippen molar-refractivity contribution in [2.75, 3.05) is 0 Å². The highest BCUT2D eigenvalue weighted by molar-refractivity contribution is 9.10. The summed E-state index contributed by atoms with van der Waals surface area (Å²) in [5, 5.41) is 0. The molecule has 0 spiro atoms. The second kappa shape index (κ2) is 1.66. The van der Waals surface area contributed by atoms with Gasteiger partial charge in [0.2, 0.25) is 0 Å². The minimum absolute atomic E-state index is 0.237. The van der Waals surface area contributed by atoms with Crippen LogP contribution in [0.4, 0.5) is 0 Å². The van der Waals surface area contributed by atoms with E-state index in [1.165, 1.54) is 6.20 Å². The van der Waals surface area contributed by atoms with E-state index < -0.39 is 6.85 Å². The third-order valence-corrected chi connectivity index (χ3v) is 0.844. The monoisotopic (exact) mass is 164 g/mol. The lowest BCUT2D eigenvalue weighted by Crippen LogP contribution is -1.59. The fraction of sp³-hybridized carbons (Fsp3) is 0.250. The normalized spacial score (nSPS) is 17.6. The van der Waals surface area contributed by atoms with Gasteiger partial charge >= 0.3 is 0 Å². The molecule has 1 aromatic heterocycles. The Morgan fingerprint density at radius 1 is 2.14 bits per heavy atom. The second-order valence-corrected chi connectivity index (χ2v) is 1.75. The second-order valence-electron chi connectivity index (χ2n) is 0.970. The van der Waals surface area contributed by atoms with Crippen molar-refractivity contribution in [1.29, 1.82) is 0 Å². The van der Waals surface area contributed by atoms with Gasteiger partial charge in [0.25, 0.3) is 0 Å². The maximum absolute atomic E-state index is 6.84. The third-order valence-electron chi connectivity index (χ3n) is 0.477. The van der Waals surface area contributed by atoms with Crippen molar-refractivity contribution in [3.8, 4) is 0 Å². The number of hydrogen-bond acceptors (Lipinski definition) is 2. The molecule has 0 unspecified atom stereocenters. The summed E-state index contributed by atoms with van der Waals surface area (Å²) < 4.78 is 25.6. The first kappa shape index (κ1) is 2.31. The van der Waals surface area contributed by atoms with Gasteiger partial charge in [-0.15, -0.1) is 0 Å². The van der Waals surface area contributed by atoms with Crippen LogP contribution in [0.2, 0.25) is 0 Å². The zero-order valence-electron chi connectivity index (χ0n) is 6.31. The Kier molecular flexibility index (Phi) is 0.546. The molecule has 0 aliphatic heterocycles. The first-order valence-electron chi connectivity index (χ1n) is 3.12. The first-order chi connectivity index (χ1) is 4.50. The largest absolute Gasteiger partial charge is 0.434 e. The summed E-state index contributed by atoms with van der Waals surface area (Å²) in [5.41, 5.74) is 0. The molecule has 0 amide bonds. The van der Waals surface area contributed by atoms with Crippen molar-refractivity contribution in [3.63, 3.8) is 0 Å². The molecule has 7 heavy (non-hydrogen) atoms. The van der Waals surface area contributed by atoms with Crippen LogP contribution in [0.3, 0.4) is 0 Å². The van der Waals surface area contributed by atoms with Gasteiger partial charge in [0.15, 0.2) is 10.6 Å². The molecule has 0 aliphatic rings. The van der Waals surface area contributed by atoms with Crippen molar-refractivity contribution in [3.05, 3.63) is 16.8 Å². The van der Waals surface area contributed by atoms with Crippen molar-refractivity contribution in [2.45, 2.75) is 6.85 Å². The van der Waals surface area contributed by atoms with Gasteiger partial charge in [-0.05, 0) is 15.9 Å². The van der Waals surface area contributed by atoms with E-state index in [9.17, 15) is 0 Å².